The van der Waals surface area contributed by atoms with Crippen LogP contribution in [0.25, 0.3) is 11.0 Å². The third-order valence-electron chi connectivity index (χ3n) is 10.6. The van der Waals surface area contributed by atoms with Crippen molar-refractivity contribution in [3.05, 3.63) is 70.1 Å². The average molecular weight is 810 g/mol. The summed E-state index contributed by atoms with van der Waals surface area (Å²) in [7, 11) is -4.04. The molecule has 3 N–H and O–H groups in total. The fraction of sp³-hybridized carbons (Fsp3) is 0.513. The Labute approximate surface area is 329 Å². The SMILES string of the molecule is C=C1CC=CCCCCCC(NC(=O)c2scnc2C)C(=O)N2CC(Oc3nc4cc(F)ccc4nc3CC)CC2C(=O)NC(C(=O)NS(=O)(=O)C2(C)CC2)C1. The molecular formula is C39H48FN7O7S2. The largest absolute Gasteiger partial charge is 0.471 e. The lowest BCUT2D eigenvalue weighted by Gasteiger charge is -2.30. The van der Waals surface area contributed by atoms with E-state index in [9.17, 15) is 32.0 Å². The first-order chi connectivity index (χ1) is 26.7. The summed E-state index contributed by atoms with van der Waals surface area (Å²) in [6, 6.07) is 0.526. The van der Waals surface area contributed by atoms with Crippen molar-refractivity contribution in [1.82, 2.24) is 35.2 Å². The van der Waals surface area contributed by atoms with Crippen molar-refractivity contribution in [2.75, 3.05) is 6.54 Å². The summed E-state index contributed by atoms with van der Waals surface area (Å²) in [4.78, 5) is 71.2. The molecule has 14 nitrogen and oxygen atoms in total. The Morgan fingerprint density at radius 2 is 1.93 bits per heavy atom. The standard InChI is InChI=1S/C39H48FN7O7S2/c1-5-27-37(45-30-19-25(40)14-15-28(30)42-27)54-26-20-32-35(49)44-31(34(48)46-56(52,53)39(4)16-17-39)18-23(2)12-10-8-6-7-9-11-13-29(38(51)47(32)21-26)43-36(50)33-24(3)41-22-55-33/h8,10,14-15,19,22,26,29,31-32H,2,5-7,9,11-13,16-18,20-21H2,1,3-4H3,(H,43,50)(H,44,49)(H,46,48). The van der Waals surface area contributed by atoms with E-state index in [1.165, 1.54) is 23.1 Å². The van der Waals surface area contributed by atoms with Crippen LogP contribution in [-0.4, -0.2) is 87.4 Å². The molecule has 4 amide bonds. The number of aromatic nitrogens is 3. The van der Waals surface area contributed by atoms with Gasteiger partial charge in [0.25, 0.3) is 11.8 Å². The Morgan fingerprint density at radius 3 is 2.64 bits per heavy atom. The predicted molar refractivity (Wildman–Crippen MR) is 209 cm³/mol. The lowest BCUT2D eigenvalue weighted by Crippen LogP contribution is -2.57. The fourth-order valence-electron chi connectivity index (χ4n) is 6.88. The van der Waals surface area contributed by atoms with Crippen LogP contribution in [0, 0.1) is 12.7 Å². The van der Waals surface area contributed by atoms with Crippen LogP contribution in [0.1, 0.15) is 99.1 Å². The van der Waals surface area contributed by atoms with Gasteiger partial charge in [-0.2, -0.15) is 0 Å². The molecule has 56 heavy (non-hydrogen) atoms. The van der Waals surface area contributed by atoms with Gasteiger partial charge < -0.3 is 20.3 Å². The third kappa shape index (κ3) is 9.42. The van der Waals surface area contributed by atoms with Crippen molar-refractivity contribution < 1.29 is 36.7 Å². The van der Waals surface area contributed by atoms with Gasteiger partial charge in [0.2, 0.25) is 27.7 Å². The number of carbonyl (C=O) groups excluding carboxylic acids is 4. The third-order valence-corrected chi connectivity index (χ3v) is 13.7. The molecular weight excluding hydrogens is 762 g/mol. The Morgan fingerprint density at radius 1 is 1.14 bits per heavy atom. The van der Waals surface area contributed by atoms with Gasteiger partial charge in [-0.1, -0.05) is 44.1 Å². The number of aryl methyl sites for hydroxylation is 2. The Hall–Kier alpha value is -4.77. The molecule has 300 valence electrons. The summed E-state index contributed by atoms with van der Waals surface area (Å²) in [5.74, 6) is -2.97. The first-order valence-electron chi connectivity index (χ1n) is 19.0. The van der Waals surface area contributed by atoms with E-state index in [4.69, 9.17) is 4.74 Å². The number of hydrogen-bond donors (Lipinski definition) is 3. The van der Waals surface area contributed by atoms with Gasteiger partial charge in [-0.25, -0.2) is 27.8 Å². The molecule has 0 bridgehead atoms. The van der Waals surface area contributed by atoms with Crippen molar-refractivity contribution in [3.63, 3.8) is 0 Å². The number of amides is 4. The molecule has 4 heterocycles. The molecule has 6 rings (SSSR count). The summed E-state index contributed by atoms with van der Waals surface area (Å²) < 4.78 is 47.8. The molecule has 0 radical (unpaired) electrons. The van der Waals surface area contributed by atoms with Gasteiger partial charge in [0.15, 0.2) is 0 Å². The first-order valence-corrected chi connectivity index (χ1v) is 21.4. The molecule has 1 saturated heterocycles. The van der Waals surface area contributed by atoms with Crippen LogP contribution in [0.3, 0.4) is 0 Å². The Bertz CT molecular complexity index is 2150. The molecule has 2 aromatic heterocycles. The highest BCUT2D eigenvalue weighted by molar-refractivity contribution is 7.91. The van der Waals surface area contributed by atoms with Gasteiger partial charge >= 0.3 is 0 Å². The van der Waals surface area contributed by atoms with Crippen molar-refractivity contribution in [2.24, 2.45) is 0 Å². The molecule has 2 fully saturated rings. The molecule has 1 saturated carbocycles. The van der Waals surface area contributed by atoms with E-state index >= 15 is 0 Å². The minimum absolute atomic E-state index is 0.0351. The molecule has 1 aromatic carbocycles. The first kappa shape index (κ1) is 40.9. The molecule has 2 aliphatic heterocycles. The van der Waals surface area contributed by atoms with Crippen molar-refractivity contribution in [3.8, 4) is 5.88 Å². The van der Waals surface area contributed by atoms with Crippen LogP contribution >= 0.6 is 11.3 Å². The molecule has 3 aliphatic rings. The predicted octanol–water partition coefficient (Wildman–Crippen LogP) is 4.58. The zero-order valence-electron chi connectivity index (χ0n) is 31.8. The number of benzene rings is 1. The highest BCUT2D eigenvalue weighted by Crippen LogP contribution is 2.42. The second kappa shape index (κ2) is 17.2. The quantitative estimate of drug-likeness (QED) is 0.272. The van der Waals surface area contributed by atoms with E-state index < -0.39 is 68.4 Å². The zero-order valence-corrected chi connectivity index (χ0v) is 33.4. The molecule has 3 aromatic rings. The normalized spacial score (nSPS) is 23.6. The maximum Gasteiger partial charge on any atom is 0.263 e. The lowest BCUT2D eigenvalue weighted by molar-refractivity contribution is -0.140. The van der Waals surface area contributed by atoms with Crippen molar-refractivity contribution in [2.45, 2.75) is 120 Å². The lowest BCUT2D eigenvalue weighted by atomic mass is 10.0. The fourth-order valence-corrected chi connectivity index (χ4v) is 8.88. The highest BCUT2D eigenvalue weighted by Gasteiger charge is 2.51. The van der Waals surface area contributed by atoms with Crippen LogP contribution in [0.5, 0.6) is 5.88 Å². The number of carbonyl (C=O) groups is 4. The molecule has 4 atom stereocenters. The van der Waals surface area contributed by atoms with E-state index in [2.05, 4.69) is 36.9 Å². The summed E-state index contributed by atoms with van der Waals surface area (Å²) in [6.45, 7) is 9.13. The minimum Gasteiger partial charge on any atom is -0.471 e. The monoisotopic (exact) mass is 809 g/mol. The average Bonchev–Trinajstić information content (AvgIpc) is 3.56. The summed E-state index contributed by atoms with van der Waals surface area (Å²) in [6.07, 6.45) is 7.96. The molecule has 0 spiro atoms. The number of allylic oxidation sites excluding steroid dienone is 2. The van der Waals surface area contributed by atoms with Gasteiger partial charge in [-0.15, -0.1) is 11.3 Å². The molecule has 1 aliphatic carbocycles. The number of hydrogen-bond acceptors (Lipinski definition) is 11. The smallest absolute Gasteiger partial charge is 0.263 e. The van der Waals surface area contributed by atoms with Gasteiger partial charge in [-0.05, 0) is 77.3 Å². The number of halogens is 1. The van der Waals surface area contributed by atoms with E-state index in [1.54, 1.807) is 19.4 Å². The van der Waals surface area contributed by atoms with Crippen LogP contribution in [-0.2, 0) is 30.8 Å². The van der Waals surface area contributed by atoms with Crippen LogP contribution < -0.4 is 20.1 Å². The van der Waals surface area contributed by atoms with Crippen molar-refractivity contribution >= 4 is 56.0 Å². The van der Waals surface area contributed by atoms with Crippen LogP contribution in [0.4, 0.5) is 4.39 Å². The van der Waals surface area contributed by atoms with E-state index in [1.807, 2.05) is 19.1 Å². The van der Waals surface area contributed by atoms with Gasteiger partial charge in [0, 0.05) is 12.5 Å². The van der Waals surface area contributed by atoms with Gasteiger partial charge in [0.05, 0.1) is 33.5 Å². The second-order valence-electron chi connectivity index (χ2n) is 15.0. The number of rotatable bonds is 8. The number of fused-ring (bicyclic) bond motifs is 2. The summed E-state index contributed by atoms with van der Waals surface area (Å²) in [5, 5.41) is 5.63. The molecule has 4 unspecified atom stereocenters. The Kier molecular flexibility index (Phi) is 12.5. The van der Waals surface area contributed by atoms with Gasteiger partial charge in [0.1, 0.15) is 40.6 Å². The zero-order chi connectivity index (χ0) is 40.2. The highest BCUT2D eigenvalue weighted by atomic mass is 32.2. The van der Waals surface area contributed by atoms with Gasteiger partial charge in [-0.3, -0.25) is 23.9 Å². The van der Waals surface area contributed by atoms with E-state index in [-0.39, 0.29) is 30.8 Å². The van der Waals surface area contributed by atoms with E-state index in [0.29, 0.717) is 65.9 Å². The maximum atomic E-state index is 14.6. The number of ether oxygens (including phenoxy) is 1. The van der Waals surface area contributed by atoms with Crippen LogP contribution in [0.2, 0.25) is 0 Å². The Balaban J connectivity index is 1.33. The van der Waals surface area contributed by atoms with E-state index in [0.717, 1.165) is 30.6 Å². The summed E-state index contributed by atoms with van der Waals surface area (Å²) in [5.41, 5.74) is 3.91. The summed E-state index contributed by atoms with van der Waals surface area (Å²) >= 11 is 1.16. The topological polar surface area (TPSA) is 190 Å². The number of nitrogens with one attached hydrogen (secondary N) is 3. The number of nitrogens with zero attached hydrogens (tertiary/aromatic N) is 4. The maximum absolute atomic E-state index is 14.6. The van der Waals surface area contributed by atoms with Crippen molar-refractivity contribution in [1.29, 1.82) is 0 Å². The minimum atomic E-state index is -4.04. The molecule has 17 heteroatoms. The number of thiazole rings is 1. The number of sulfonamides is 1. The second-order valence-corrected chi connectivity index (χ2v) is 18.0. The van der Waals surface area contributed by atoms with Crippen LogP contribution in [0.15, 0.2) is 48.0 Å².